The predicted molar refractivity (Wildman–Crippen MR) is 74.5 cm³/mol. The van der Waals surface area contributed by atoms with E-state index in [4.69, 9.17) is 0 Å². The second-order valence-electron chi connectivity index (χ2n) is 4.63. The van der Waals surface area contributed by atoms with Gasteiger partial charge in [0.15, 0.2) is 0 Å². The summed E-state index contributed by atoms with van der Waals surface area (Å²) in [6.45, 7) is 6.65. The maximum absolute atomic E-state index is 11.8. The van der Waals surface area contributed by atoms with Gasteiger partial charge in [0.2, 0.25) is 10.0 Å². The molecule has 1 aromatic rings. The third-order valence-electron chi connectivity index (χ3n) is 2.43. The highest BCUT2D eigenvalue weighted by Gasteiger charge is 2.13. The lowest BCUT2D eigenvalue weighted by Crippen LogP contribution is -2.27. The van der Waals surface area contributed by atoms with Crippen molar-refractivity contribution in [2.45, 2.75) is 25.7 Å². The molecule has 2 N–H and O–H groups in total. The molecule has 6 heteroatoms. The number of nitrogens with one attached hydrogen (secondary N) is 2. The van der Waals surface area contributed by atoms with Gasteiger partial charge in [-0.05, 0) is 30.2 Å². The maximum atomic E-state index is 11.8. The zero-order valence-corrected chi connectivity index (χ0v) is 12.3. The fraction of sp³-hybridized carbons (Fsp3) is 0.462. The number of rotatable bonds is 6. The van der Waals surface area contributed by atoms with E-state index in [2.05, 4.69) is 10.0 Å². The SMILES string of the molecule is CCNS(=O)(=O)c1ccc(C(=O)NCC(C)C)cc1. The van der Waals surface area contributed by atoms with Crippen LogP contribution in [0.25, 0.3) is 0 Å². The van der Waals surface area contributed by atoms with Crippen LogP contribution in [0.4, 0.5) is 0 Å². The summed E-state index contributed by atoms with van der Waals surface area (Å²) >= 11 is 0. The van der Waals surface area contributed by atoms with Gasteiger partial charge in [0.05, 0.1) is 4.90 Å². The molecule has 0 spiro atoms. The molecule has 0 aliphatic rings. The van der Waals surface area contributed by atoms with Gasteiger partial charge in [0, 0.05) is 18.7 Å². The molecule has 0 radical (unpaired) electrons. The number of benzene rings is 1. The normalized spacial score (nSPS) is 11.6. The molecule has 1 aromatic carbocycles. The van der Waals surface area contributed by atoms with Crippen molar-refractivity contribution < 1.29 is 13.2 Å². The fourth-order valence-electron chi connectivity index (χ4n) is 1.46. The van der Waals surface area contributed by atoms with E-state index in [1.807, 2.05) is 13.8 Å². The molecule has 0 fully saturated rings. The summed E-state index contributed by atoms with van der Waals surface area (Å²) < 4.78 is 25.8. The van der Waals surface area contributed by atoms with Crippen LogP contribution in [0.3, 0.4) is 0 Å². The molecule has 106 valence electrons. The van der Waals surface area contributed by atoms with Crippen LogP contribution in [0.15, 0.2) is 29.2 Å². The Morgan fingerprint density at radius 2 is 1.79 bits per heavy atom. The summed E-state index contributed by atoms with van der Waals surface area (Å²) in [4.78, 5) is 11.9. The minimum Gasteiger partial charge on any atom is -0.352 e. The molecule has 1 amide bonds. The zero-order chi connectivity index (χ0) is 14.5. The molecule has 0 heterocycles. The molecular weight excluding hydrogens is 264 g/mol. The van der Waals surface area contributed by atoms with Gasteiger partial charge < -0.3 is 5.32 Å². The molecule has 0 saturated carbocycles. The van der Waals surface area contributed by atoms with E-state index in [0.717, 1.165) is 0 Å². The largest absolute Gasteiger partial charge is 0.352 e. The van der Waals surface area contributed by atoms with Crippen molar-refractivity contribution in [3.05, 3.63) is 29.8 Å². The quantitative estimate of drug-likeness (QED) is 0.828. The molecule has 0 bridgehead atoms. The highest BCUT2D eigenvalue weighted by Crippen LogP contribution is 2.10. The monoisotopic (exact) mass is 284 g/mol. The van der Waals surface area contributed by atoms with Crippen LogP contribution in [0, 0.1) is 5.92 Å². The lowest BCUT2D eigenvalue weighted by atomic mass is 10.2. The van der Waals surface area contributed by atoms with Gasteiger partial charge in [-0.15, -0.1) is 0 Å². The molecule has 0 aliphatic carbocycles. The highest BCUT2D eigenvalue weighted by atomic mass is 32.2. The first-order valence-corrected chi connectivity index (χ1v) is 7.73. The summed E-state index contributed by atoms with van der Waals surface area (Å²) in [5, 5.41) is 2.78. The van der Waals surface area contributed by atoms with Gasteiger partial charge in [-0.3, -0.25) is 4.79 Å². The molecule has 0 aromatic heterocycles. The van der Waals surface area contributed by atoms with Crippen LogP contribution < -0.4 is 10.0 Å². The minimum absolute atomic E-state index is 0.162. The van der Waals surface area contributed by atoms with Gasteiger partial charge >= 0.3 is 0 Å². The van der Waals surface area contributed by atoms with Crippen LogP contribution in [-0.4, -0.2) is 27.4 Å². The van der Waals surface area contributed by atoms with Gasteiger partial charge in [-0.2, -0.15) is 0 Å². The van der Waals surface area contributed by atoms with Gasteiger partial charge in [-0.1, -0.05) is 20.8 Å². The van der Waals surface area contributed by atoms with E-state index >= 15 is 0 Å². The van der Waals surface area contributed by atoms with Crippen molar-refractivity contribution in [2.75, 3.05) is 13.1 Å². The third-order valence-corrected chi connectivity index (χ3v) is 3.99. The summed E-state index contributed by atoms with van der Waals surface area (Å²) in [5.41, 5.74) is 0.455. The minimum atomic E-state index is -3.46. The molecule has 0 atom stereocenters. The average Bonchev–Trinajstić information content (AvgIpc) is 2.36. The van der Waals surface area contributed by atoms with Crippen LogP contribution in [0.2, 0.25) is 0 Å². The second-order valence-corrected chi connectivity index (χ2v) is 6.40. The Morgan fingerprint density at radius 1 is 1.21 bits per heavy atom. The Labute approximate surface area is 114 Å². The Morgan fingerprint density at radius 3 is 2.26 bits per heavy atom. The standard InChI is InChI=1S/C13H20N2O3S/c1-4-15-19(17,18)12-7-5-11(6-8-12)13(16)14-9-10(2)3/h5-8,10,15H,4,9H2,1-3H3,(H,14,16). The van der Waals surface area contributed by atoms with E-state index in [1.54, 1.807) is 6.92 Å². The van der Waals surface area contributed by atoms with Crippen molar-refractivity contribution in [1.82, 2.24) is 10.0 Å². The summed E-state index contributed by atoms with van der Waals surface area (Å²) in [5.74, 6) is 0.179. The number of hydrogen-bond acceptors (Lipinski definition) is 3. The van der Waals surface area contributed by atoms with Crippen LogP contribution in [-0.2, 0) is 10.0 Å². The van der Waals surface area contributed by atoms with E-state index < -0.39 is 10.0 Å². The Bertz CT molecular complexity index is 521. The first-order valence-electron chi connectivity index (χ1n) is 6.24. The number of carbonyl (C=O) groups is 1. The van der Waals surface area contributed by atoms with Crippen LogP contribution >= 0.6 is 0 Å². The molecule has 5 nitrogen and oxygen atoms in total. The van der Waals surface area contributed by atoms with E-state index in [0.29, 0.717) is 24.6 Å². The van der Waals surface area contributed by atoms with Crippen molar-refractivity contribution >= 4 is 15.9 Å². The van der Waals surface area contributed by atoms with Crippen molar-refractivity contribution in [3.8, 4) is 0 Å². The third kappa shape index (κ3) is 4.65. The number of sulfonamides is 1. The predicted octanol–water partition coefficient (Wildman–Crippen LogP) is 1.37. The zero-order valence-electron chi connectivity index (χ0n) is 11.4. The lowest BCUT2D eigenvalue weighted by molar-refractivity contribution is 0.0949. The average molecular weight is 284 g/mol. The van der Waals surface area contributed by atoms with Gasteiger partial charge in [-0.25, -0.2) is 13.1 Å². The Kier molecular flexibility index (Phi) is 5.50. The highest BCUT2D eigenvalue weighted by molar-refractivity contribution is 7.89. The Hall–Kier alpha value is -1.40. The van der Waals surface area contributed by atoms with Crippen molar-refractivity contribution in [2.24, 2.45) is 5.92 Å². The molecule has 0 saturated heterocycles. The molecule has 0 aliphatic heterocycles. The molecule has 0 unspecified atom stereocenters. The van der Waals surface area contributed by atoms with Crippen molar-refractivity contribution in [1.29, 1.82) is 0 Å². The summed E-state index contributed by atoms with van der Waals surface area (Å²) in [7, 11) is -3.46. The first kappa shape index (κ1) is 15.7. The Balaban J connectivity index is 2.79. The number of carbonyl (C=O) groups excluding carboxylic acids is 1. The van der Waals surface area contributed by atoms with Crippen LogP contribution in [0.1, 0.15) is 31.1 Å². The second kappa shape index (κ2) is 6.68. The fourth-order valence-corrected chi connectivity index (χ4v) is 2.50. The molecule has 19 heavy (non-hydrogen) atoms. The van der Waals surface area contributed by atoms with Gasteiger partial charge in [0.25, 0.3) is 5.91 Å². The van der Waals surface area contributed by atoms with E-state index in [1.165, 1.54) is 24.3 Å². The van der Waals surface area contributed by atoms with Crippen LogP contribution in [0.5, 0.6) is 0 Å². The van der Waals surface area contributed by atoms with Crippen molar-refractivity contribution in [3.63, 3.8) is 0 Å². The van der Waals surface area contributed by atoms with Gasteiger partial charge in [0.1, 0.15) is 0 Å². The summed E-state index contributed by atoms with van der Waals surface area (Å²) in [6.07, 6.45) is 0. The smallest absolute Gasteiger partial charge is 0.251 e. The van der Waals surface area contributed by atoms with E-state index in [9.17, 15) is 13.2 Å². The number of hydrogen-bond donors (Lipinski definition) is 2. The molecule has 1 rings (SSSR count). The molecular formula is C13H20N2O3S. The summed E-state index contributed by atoms with van der Waals surface area (Å²) in [6, 6.07) is 5.89. The maximum Gasteiger partial charge on any atom is 0.251 e. The first-order chi connectivity index (χ1) is 8.86. The number of amides is 1. The lowest BCUT2D eigenvalue weighted by Gasteiger charge is -2.08. The topological polar surface area (TPSA) is 75.3 Å². The van der Waals surface area contributed by atoms with E-state index in [-0.39, 0.29) is 10.8 Å².